The average Bonchev–Trinajstić information content (AvgIpc) is 2.59. The highest BCUT2D eigenvalue weighted by molar-refractivity contribution is 5.68. The van der Waals surface area contributed by atoms with Crippen molar-refractivity contribution in [3.05, 3.63) is 35.9 Å². The van der Waals surface area contributed by atoms with Crippen LogP contribution < -0.4 is 5.32 Å². The molecule has 2 fully saturated rings. The minimum atomic E-state index is -0.475. The van der Waals surface area contributed by atoms with Gasteiger partial charge in [-0.05, 0) is 26.3 Å². The Morgan fingerprint density at radius 1 is 1.15 bits per heavy atom. The second-order valence-electron chi connectivity index (χ2n) is 8.79. The van der Waals surface area contributed by atoms with Gasteiger partial charge in [0.15, 0.2) is 0 Å². The number of carbonyl (C=O) groups excluding carboxylic acids is 1. The van der Waals surface area contributed by atoms with Gasteiger partial charge in [-0.15, -0.1) is 0 Å². The molecule has 1 aromatic rings. The number of hydrogen-bond donors (Lipinski definition) is 2. The average molecular weight is 376 g/mol. The smallest absolute Gasteiger partial charge is 0.410 e. The number of piperidine rings is 2. The molecule has 2 unspecified atom stereocenters. The van der Waals surface area contributed by atoms with Crippen LogP contribution in [0.1, 0.15) is 26.3 Å². The third-order valence-corrected chi connectivity index (χ3v) is 5.30. The summed E-state index contributed by atoms with van der Waals surface area (Å²) in [5, 5.41) is 12.7. The minimum absolute atomic E-state index is 0.138. The van der Waals surface area contributed by atoms with Crippen molar-refractivity contribution in [3.63, 3.8) is 0 Å². The first-order valence-corrected chi connectivity index (χ1v) is 9.94. The van der Waals surface area contributed by atoms with E-state index >= 15 is 0 Å². The summed E-state index contributed by atoms with van der Waals surface area (Å²) < 4.78 is 5.59. The second kappa shape index (κ2) is 8.59. The molecule has 0 aromatic heterocycles. The number of nitrogens with zero attached hydrogens (tertiary/aromatic N) is 2. The molecule has 2 N–H and O–H groups in total. The molecule has 27 heavy (non-hydrogen) atoms. The Hall–Kier alpha value is -1.63. The van der Waals surface area contributed by atoms with E-state index < -0.39 is 5.60 Å². The van der Waals surface area contributed by atoms with Crippen molar-refractivity contribution in [1.29, 1.82) is 0 Å². The first-order valence-electron chi connectivity index (χ1n) is 9.94. The summed E-state index contributed by atoms with van der Waals surface area (Å²) in [7, 11) is 0. The van der Waals surface area contributed by atoms with Gasteiger partial charge in [-0.3, -0.25) is 4.90 Å². The molecule has 6 heteroatoms. The highest BCUT2D eigenvalue weighted by Crippen LogP contribution is 2.31. The van der Waals surface area contributed by atoms with Crippen molar-refractivity contribution in [2.45, 2.75) is 39.0 Å². The minimum Gasteiger partial charge on any atom is -0.444 e. The zero-order valence-electron chi connectivity index (χ0n) is 16.7. The molecule has 2 atom stereocenters. The highest BCUT2D eigenvalue weighted by atomic mass is 16.6. The number of rotatable bonds is 5. The van der Waals surface area contributed by atoms with Crippen molar-refractivity contribution in [2.75, 3.05) is 39.3 Å². The Labute approximate surface area is 162 Å². The summed E-state index contributed by atoms with van der Waals surface area (Å²) in [5.41, 5.74) is 0.846. The van der Waals surface area contributed by atoms with Crippen LogP contribution in [0.3, 0.4) is 0 Å². The van der Waals surface area contributed by atoms with E-state index in [1.807, 2.05) is 31.7 Å². The van der Waals surface area contributed by atoms with Gasteiger partial charge >= 0.3 is 6.09 Å². The summed E-state index contributed by atoms with van der Waals surface area (Å²) >= 11 is 0. The van der Waals surface area contributed by atoms with Gasteiger partial charge in [-0.1, -0.05) is 30.3 Å². The Bertz CT molecular complexity index is 601. The SMILES string of the molecule is CC(C)(C)OC(=O)N1CC2CN(Cc3ccccc3)CC(C1)C2NCCO. The zero-order valence-corrected chi connectivity index (χ0v) is 16.7. The number of likely N-dealkylation sites (tertiary alicyclic amines) is 2. The van der Waals surface area contributed by atoms with E-state index in [1.54, 1.807) is 0 Å². The molecule has 2 heterocycles. The maximum Gasteiger partial charge on any atom is 0.410 e. The standard InChI is InChI=1S/C21H33N3O3/c1-21(2,3)27-20(26)24-14-17-12-23(11-16-7-5-4-6-8-16)13-18(15-24)19(17)22-9-10-25/h4-8,17-19,22,25H,9-15H2,1-3H3. The Morgan fingerprint density at radius 2 is 1.78 bits per heavy atom. The van der Waals surface area contributed by atoms with Gasteiger partial charge in [-0.25, -0.2) is 4.79 Å². The number of nitrogens with one attached hydrogen (secondary N) is 1. The number of benzene rings is 1. The van der Waals surface area contributed by atoms with Gasteiger partial charge in [-0.2, -0.15) is 0 Å². The molecule has 2 aliphatic heterocycles. The molecule has 0 spiro atoms. The topological polar surface area (TPSA) is 65.0 Å². The molecule has 0 aliphatic carbocycles. The predicted molar refractivity (Wildman–Crippen MR) is 105 cm³/mol. The lowest BCUT2D eigenvalue weighted by Crippen LogP contribution is -2.65. The molecule has 1 amide bonds. The van der Waals surface area contributed by atoms with Crippen LogP contribution >= 0.6 is 0 Å². The Balaban J connectivity index is 1.67. The fourth-order valence-electron chi connectivity index (χ4n) is 4.34. The van der Waals surface area contributed by atoms with E-state index in [0.29, 0.717) is 37.5 Å². The lowest BCUT2D eigenvalue weighted by molar-refractivity contribution is -0.0262. The number of ether oxygens (including phenoxy) is 1. The molecule has 2 saturated heterocycles. The molecule has 3 rings (SSSR count). The maximum atomic E-state index is 12.6. The van der Waals surface area contributed by atoms with Crippen molar-refractivity contribution < 1.29 is 14.6 Å². The van der Waals surface area contributed by atoms with Crippen LogP contribution in [0.15, 0.2) is 30.3 Å². The summed E-state index contributed by atoms with van der Waals surface area (Å²) in [4.78, 5) is 16.9. The van der Waals surface area contributed by atoms with E-state index in [1.165, 1.54) is 5.56 Å². The number of hydrogen-bond acceptors (Lipinski definition) is 5. The second-order valence-corrected chi connectivity index (χ2v) is 8.79. The molecule has 0 radical (unpaired) electrons. The summed E-state index contributed by atoms with van der Waals surface area (Å²) in [5.74, 6) is 0.667. The van der Waals surface area contributed by atoms with Crippen LogP contribution in [0.4, 0.5) is 4.79 Å². The molecular formula is C21H33N3O3. The van der Waals surface area contributed by atoms with Crippen LogP contribution in [-0.4, -0.2) is 72.0 Å². The monoisotopic (exact) mass is 375 g/mol. The van der Waals surface area contributed by atoms with E-state index in [9.17, 15) is 9.90 Å². The molecule has 1 aromatic carbocycles. The summed E-state index contributed by atoms with van der Waals surface area (Å²) in [6.45, 7) is 10.7. The fraction of sp³-hybridized carbons (Fsp3) is 0.667. The number of fused-ring (bicyclic) bond motifs is 2. The lowest BCUT2D eigenvalue weighted by atomic mass is 9.79. The van der Waals surface area contributed by atoms with Gasteiger partial charge in [0.2, 0.25) is 0 Å². The number of aliphatic hydroxyl groups excluding tert-OH is 1. The molecule has 150 valence electrons. The Morgan fingerprint density at radius 3 is 2.33 bits per heavy atom. The van der Waals surface area contributed by atoms with E-state index in [-0.39, 0.29) is 12.7 Å². The van der Waals surface area contributed by atoms with Gasteiger partial charge in [0.25, 0.3) is 0 Å². The molecule has 0 saturated carbocycles. The van der Waals surface area contributed by atoms with Crippen LogP contribution in [0.25, 0.3) is 0 Å². The third-order valence-electron chi connectivity index (χ3n) is 5.30. The van der Waals surface area contributed by atoms with Crippen molar-refractivity contribution in [2.24, 2.45) is 11.8 Å². The zero-order chi connectivity index (χ0) is 19.4. The van der Waals surface area contributed by atoms with Crippen LogP contribution in [0, 0.1) is 11.8 Å². The quantitative estimate of drug-likeness (QED) is 0.823. The van der Waals surface area contributed by atoms with E-state index in [2.05, 4.69) is 34.5 Å². The largest absolute Gasteiger partial charge is 0.444 e. The number of amides is 1. The first kappa shape index (κ1) is 20.1. The van der Waals surface area contributed by atoms with Crippen molar-refractivity contribution in [3.8, 4) is 0 Å². The molecule has 2 aliphatic rings. The van der Waals surface area contributed by atoms with Crippen LogP contribution in [-0.2, 0) is 11.3 Å². The van der Waals surface area contributed by atoms with E-state index in [0.717, 1.165) is 19.6 Å². The number of aliphatic hydroxyl groups is 1. The highest BCUT2D eigenvalue weighted by Gasteiger charge is 2.43. The first-order chi connectivity index (χ1) is 12.9. The lowest BCUT2D eigenvalue weighted by Gasteiger charge is -2.51. The summed E-state index contributed by atoms with van der Waals surface area (Å²) in [6, 6.07) is 10.9. The van der Waals surface area contributed by atoms with Gasteiger partial charge < -0.3 is 20.1 Å². The number of carbonyl (C=O) groups is 1. The van der Waals surface area contributed by atoms with Gasteiger partial charge in [0.05, 0.1) is 6.61 Å². The van der Waals surface area contributed by atoms with Crippen molar-refractivity contribution >= 4 is 6.09 Å². The fourth-order valence-corrected chi connectivity index (χ4v) is 4.34. The van der Waals surface area contributed by atoms with Gasteiger partial charge in [0.1, 0.15) is 5.60 Å². The normalized spacial score (nSPS) is 26.1. The Kier molecular flexibility index (Phi) is 6.40. The molecular weight excluding hydrogens is 342 g/mol. The molecule has 6 nitrogen and oxygen atoms in total. The summed E-state index contributed by atoms with van der Waals surface area (Å²) in [6.07, 6.45) is -0.213. The van der Waals surface area contributed by atoms with Crippen LogP contribution in [0.5, 0.6) is 0 Å². The predicted octanol–water partition coefficient (Wildman–Crippen LogP) is 1.94. The maximum absolute atomic E-state index is 12.6. The van der Waals surface area contributed by atoms with E-state index in [4.69, 9.17) is 4.74 Å². The van der Waals surface area contributed by atoms with Crippen LogP contribution in [0.2, 0.25) is 0 Å². The third kappa shape index (κ3) is 5.43. The van der Waals surface area contributed by atoms with Gasteiger partial charge in [0, 0.05) is 57.1 Å². The molecule has 2 bridgehead atoms. The van der Waals surface area contributed by atoms with Crippen molar-refractivity contribution in [1.82, 2.24) is 15.1 Å².